The third-order valence-corrected chi connectivity index (χ3v) is 5.75. The second-order valence-electron chi connectivity index (χ2n) is 7.42. The van der Waals surface area contributed by atoms with Gasteiger partial charge in [-0.15, -0.1) is 0 Å². The van der Waals surface area contributed by atoms with Crippen LogP contribution in [0.2, 0.25) is 0 Å². The molecule has 122 valence electrons. The number of nitrogens with zero attached hydrogens (tertiary/aromatic N) is 1. The SMILES string of the molecule is C=C1CC(O)C2C(CN(C)C)C(=O)O[C@@H]2[C@H]2[C@H](C)C(=O)C[C@@H]12. The first-order chi connectivity index (χ1) is 10.3. The molecular formula is C17H25NO4. The number of aliphatic hydroxyl groups is 1. The molecule has 1 aliphatic heterocycles. The summed E-state index contributed by atoms with van der Waals surface area (Å²) in [5, 5.41) is 10.6. The highest BCUT2D eigenvalue weighted by atomic mass is 16.6. The number of hydrogen-bond acceptors (Lipinski definition) is 5. The van der Waals surface area contributed by atoms with Gasteiger partial charge in [-0.05, 0) is 26.4 Å². The maximum Gasteiger partial charge on any atom is 0.311 e. The molecule has 5 nitrogen and oxygen atoms in total. The summed E-state index contributed by atoms with van der Waals surface area (Å²) in [5.74, 6) is -0.708. The van der Waals surface area contributed by atoms with Crippen LogP contribution in [0, 0.1) is 29.6 Å². The van der Waals surface area contributed by atoms with Gasteiger partial charge in [-0.1, -0.05) is 19.1 Å². The van der Waals surface area contributed by atoms with Gasteiger partial charge >= 0.3 is 5.97 Å². The molecule has 5 heteroatoms. The topological polar surface area (TPSA) is 66.8 Å². The number of ketones is 1. The number of ether oxygens (including phenoxy) is 1. The zero-order valence-electron chi connectivity index (χ0n) is 13.5. The average molecular weight is 307 g/mol. The Bertz CT molecular complexity index is 515. The lowest BCUT2D eigenvalue weighted by Crippen LogP contribution is -2.40. The maximum atomic E-state index is 12.3. The summed E-state index contributed by atoms with van der Waals surface area (Å²) in [6.07, 6.45) is -0.0562. The van der Waals surface area contributed by atoms with Crippen LogP contribution in [0.25, 0.3) is 0 Å². The lowest BCUT2D eigenvalue weighted by atomic mass is 9.77. The van der Waals surface area contributed by atoms with E-state index in [9.17, 15) is 14.7 Å². The first-order valence-electron chi connectivity index (χ1n) is 8.05. The number of esters is 1. The fourth-order valence-electron chi connectivity index (χ4n) is 4.69. The van der Waals surface area contributed by atoms with E-state index in [1.54, 1.807) is 0 Å². The van der Waals surface area contributed by atoms with Crippen molar-refractivity contribution >= 4 is 11.8 Å². The summed E-state index contributed by atoms with van der Waals surface area (Å²) in [6.45, 7) is 6.58. The number of fused-ring (bicyclic) bond motifs is 3. The van der Waals surface area contributed by atoms with E-state index < -0.39 is 6.10 Å². The van der Waals surface area contributed by atoms with Gasteiger partial charge in [-0.25, -0.2) is 0 Å². The third-order valence-electron chi connectivity index (χ3n) is 5.75. The second kappa shape index (κ2) is 5.46. The van der Waals surface area contributed by atoms with Crippen LogP contribution < -0.4 is 0 Å². The fourth-order valence-corrected chi connectivity index (χ4v) is 4.69. The number of rotatable bonds is 2. The van der Waals surface area contributed by atoms with Crippen LogP contribution in [0.5, 0.6) is 0 Å². The van der Waals surface area contributed by atoms with Crippen LogP contribution in [-0.2, 0) is 14.3 Å². The van der Waals surface area contributed by atoms with Crippen LogP contribution in [0.3, 0.4) is 0 Å². The molecule has 0 spiro atoms. The van der Waals surface area contributed by atoms with E-state index in [0.717, 1.165) is 5.57 Å². The van der Waals surface area contributed by atoms with Gasteiger partial charge < -0.3 is 14.7 Å². The Morgan fingerprint density at radius 3 is 2.59 bits per heavy atom. The molecule has 7 atom stereocenters. The van der Waals surface area contributed by atoms with Crippen LogP contribution >= 0.6 is 0 Å². The van der Waals surface area contributed by atoms with Crippen molar-refractivity contribution in [2.24, 2.45) is 29.6 Å². The molecule has 0 radical (unpaired) electrons. The second-order valence-corrected chi connectivity index (χ2v) is 7.42. The minimum atomic E-state index is -0.623. The van der Waals surface area contributed by atoms with E-state index in [-0.39, 0.29) is 47.4 Å². The van der Waals surface area contributed by atoms with Crippen molar-refractivity contribution in [1.29, 1.82) is 0 Å². The highest BCUT2D eigenvalue weighted by Gasteiger charge is 2.58. The Hall–Kier alpha value is -1.20. The zero-order valence-corrected chi connectivity index (χ0v) is 13.5. The van der Waals surface area contributed by atoms with Crippen molar-refractivity contribution in [3.63, 3.8) is 0 Å². The van der Waals surface area contributed by atoms with Crippen molar-refractivity contribution < 1.29 is 19.4 Å². The number of aliphatic hydroxyl groups excluding tert-OH is 1. The molecule has 3 unspecified atom stereocenters. The van der Waals surface area contributed by atoms with Crippen molar-refractivity contribution in [3.8, 4) is 0 Å². The normalized spacial score (nSPS) is 44.8. The molecular weight excluding hydrogens is 282 g/mol. The lowest BCUT2D eigenvalue weighted by Gasteiger charge is -2.30. The molecule has 1 saturated heterocycles. The molecule has 0 aromatic carbocycles. The molecule has 3 fully saturated rings. The summed E-state index contributed by atoms with van der Waals surface area (Å²) in [7, 11) is 3.82. The Morgan fingerprint density at radius 2 is 1.95 bits per heavy atom. The molecule has 0 amide bonds. The third kappa shape index (κ3) is 2.31. The van der Waals surface area contributed by atoms with E-state index in [2.05, 4.69) is 6.58 Å². The maximum absolute atomic E-state index is 12.3. The van der Waals surface area contributed by atoms with E-state index in [1.807, 2.05) is 25.9 Å². The summed E-state index contributed by atoms with van der Waals surface area (Å²) in [6, 6.07) is 0. The number of carbonyl (C=O) groups excluding carboxylic acids is 2. The molecule has 0 aromatic rings. The van der Waals surface area contributed by atoms with Crippen molar-refractivity contribution in [1.82, 2.24) is 4.90 Å². The lowest BCUT2D eigenvalue weighted by molar-refractivity contribution is -0.147. The molecule has 3 rings (SSSR count). The van der Waals surface area contributed by atoms with Crippen molar-refractivity contribution in [2.45, 2.75) is 32.0 Å². The van der Waals surface area contributed by atoms with Crippen molar-refractivity contribution in [3.05, 3.63) is 12.2 Å². The Balaban J connectivity index is 1.97. The van der Waals surface area contributed by atoms with Gasteiger partial charge in [0, 0.05) is 30.7 Å². The monoisotopic (exact) mass is 307 g/mol. The summed E-state index contributed by atoms with van der Waals surface area (Å²) >= 11 is 0. The standard InChI is InChI=1S/C17H25NO4/c1-8-5-13(20)15-11(7-18(3)4)17(21)22-16(15)14-9(2)12(19)6-10(8)14/h9-11,13-16,20H,1,5-7H2,2-4H3/t9-,10+,11?,13?,14+,15?,16-/m1/s1. The van der Waals surface area contributed by atoms with E-state index >= 15 is 0 Å². The summed E-state index contributed by atoms with van der Waals surface area (Å²) in [5.41, 5.74) is 0.934. The predicted octanol–water partition coefficient (Wildman–Crippen LogP) is 0.868. The Labute approximate surface area is 131 Å². The largest absolute Gasteiger partial charge is 0.461 e. The highest BCUT2D eigenvalue weighted by Crippen LogP contribution is 2.51. The minimum absolute atomic E-state index is 0.0294. The smallest absolute Gasteiger partial charge is 0.311 e. The average Bonchev–Trinajstić information content (AvgIpc) is 2.85. The number of Topliss-reactive ketones (excluding diaryl/α,β-unsaturated/α-hetero) is 1. The van der Waals surface area contributed by atoms with Gasteiger partial charge in [0.25, 0.3) is 0 Å². The molecule has 2 saturated carbocycles. The van der Waals surface area contributed by atoms with Crippen LogP contribution in [0.4, 0.5) is 0 Å². The molecule has 22 heavy (non-hydrogen) atoms. The Kier molecular flexibility index (Phi) is 3.89. The number of carbonyl (C=O) groups is 2. The van der Waals surface area contributed by atoms with Crippen LogP contribution in [-0.4, -0.2) is 54.6 Å². The van der Waals surface area contributed by atoms with E-state index in [0.29, 0.717) is 19.4 Å². The van der Waals surface area contributed by atoms with Crippen LogP contribution in [0.15, 0.2) is 12.2 Å². The van der Waals surface area contributed by atoms with E-state index in [1.165, 1.54) is 0 Å². The molecule has 2 aliphatic carbocycles. The Morgan fingerprint density at radius 1 is 1.27 bits per heavy atom. The quantitative estimate of drug-likeness (QED) is 0.606. The van der Waals surface area contributed by atoms with Gasteiger partial charge in [0.05, 0.1) is 12.0 Å². The zero-order chi connectivity index (χ0) is 16.2. The predicted molar refractivity (Wildman–Crippen MR) is 80.9 cm³/mol. The molecule has 3 aliphatic rings. The van der Waals surface area contributed by atoms with Gasteiger partial charge in [0.15, 0.2) is 0 Å². The molecule has 1 heterocycles. The summed E-state index contributed by atoms with van der Waals surface area (Å²) < 4.78 is 5.69. The van der Waals surface area contributed by atoms with Gasteiger partial charge in [0.2, 0.25) is 0 Å². The molecule has 0 aromatic heterocycles. The molecule has 1 N–H and O–H groups in total. The highest BCUT2D eigenvalue weighted by molar-refractivity contribution is 5.85. The van der Waals surface area contributed by atoms with Gasteiger partial charge in [-0.3, -0.25) is 9.59 Å². The first kappa shape index (κ1) is 15.7. The fraction of sp³-hybridized carbons (Fsp3) is 0.765. The summed E-state index contributed by atoms with van der Waals surface area (Å²) in [4.78, 5) is 26.4. The van der Waals surface area contributed by atoms with Gasteiger partial charge in [-0.2, -0.15) is 0 Å². The van der Waals surface area contributed by atoms with Crippen LogP contribution in [0.1, 0.15) is 19.8 Å². The first-order valence-corrected chi connectivity index (χ1v) is 8.05. The number of hydrogen-bond donors (Lipinski definition) is 1. The minimum Gasteiger partial charge on any atom is -0.461 e. The van der Waals surface area contributed by atoms with E-state index in [4.69, 9.17) is 4.74 Å². The molecule has 0 bridgehead atoms. The van der Waals surface area contributed by atoms with Gasteiger partial charge in [0.1, 0.15) is 11.9 Å². The van der Waals surface area contributed by atoms with Crippen molar-refractivity contribution in [2.75, 3.05) is 20.6 Å².